The van der Waals surface area contributed by atoms with E-state index in [1.807, 2.05) is 115 Å². The van der Waals surface area contributed by atoms with Crippen molar-refractivity contribution in [2.45, 2.75) is 46.0 Å². The first-order valence-corrected chi connectivity index (χ1v) is 19.9. The van der Waals surface area contributed by atoms with Crippen molar-refractivity contribution in [1.29, 1.82) is 0 Å². The highest BCUT2D eigenvalue weighted by Gasteiger charge is 2.35. The molecule has 5 aromatic carbocycles. The van der Waals surface area contributed by atoms with E-state index in [1.165, 1.54) is 38.9 Å². The molecule has 296 valence electrons. The molecule has 7 nitrogen and oxygen atoms in total. The Morgan fingerprint density at radius 2 is 0.845 bits per heavy atom. The van der Waals surface area contributed by atoms with Crippen LogP contribution in [0.5, 0.6) is 0 Å². The standard InChI is InChI=1S/C22H21BO3.2C14H16NO/c24-23(25)26-18-10-17-22(19-11-4-1-5-12-19,20-13-6-2-7-14-20)21-15-8-3-9-16-21;2*1-3-16-15-11-5-4-6-14(15)13-9-7-12(2)8-10-13/h1-9,11-16H,10,17-18H2;2*4-11H,3H2,1-2H3/q-2;2*+1. The third-order valence-electron chi connectivity index (χ3n) is 9.63. The SMILES string of the molecule is CCO[n+]1ccccc1-c1ccc(C)cc1.CCO[n+]1ccccc1-c1ccc(C)cc1.[O-]B([O-])OCCCC(c1ccccc1)(c1ccccc1)c1ccccc1. The van der Waals surface area contributed by atoms with Crippen molar-refractivity contribution >= 4 is 7.32 Å². The monoisotopic (exact) mass is 772 g/mol. The number of hydrogen-bond donors (Lipinski definition) is 0. The Morgan fingerprint density at radius 1 is 0.483 bits per heavy atom. The molecule has 0 aliphatic rings. The number of rotatable bonds is 14. The van der Waals surface area contributed by atoms with Crippen LogP contribution in [0.15, 0.2) is 188 Å². The second-order valence-corrected chi connectivity index (χ2v) is 13.7. The fraction of sp³-hybridized carbons (Fsp3) is 0.200. The second-order valence-electron chi connectivity index (χ2n) is 13.7. The van der Waals surface area contributed by atoms with Gasteiger partial charge in [-0.15, -0.1) is 0 Å². The van der Waals surface area contributed by atoms with Crippen molar-refractivity contribution < 1.29 is 33.8 Å². The van der Waals surface area contributed by atoms with E-state index in [0.717, 1.165) is 17.8 Å². The summed E-state index contributed by atoms with van der Waals surface area (Å²) in [5.74, 6) is 0. The predicted molar refractivity (Wildman–Crippen MR) is 228 cm³/mol. The van der Waals surface area contributed by atoms with Gasteiger partial charge in [0.25, 0.3) is 11.4 Å². The first-order chi connectivity index (χ1) is 28.3. The molecule has 7 aromatic rings. The summed E-state index contributed by atoms with van der Waals surface area (Å²) in [6, 6.07) is 60.0. The number of aromatic nitrogens is 2. The van der Waals surface area contributed by atoms with Crippen molar-refractivity contribution in [3.05, 3.63) is 216 Å². The number of hydrogen-bond acceptors (Lipinski definition) is 5. The van der Waals surface area contributed by atoms with E-state index in [1.54, 1.807) is 0 Å². The van der Waals surface area contributed by atoms with Gasteiger partial charge in [0.2, 0.25) is 12.4 Å². The first-order valence-electron chi connectivity index (χ1n) is 19.9. The Kier molecular flexibility index (Phi) is 16.8. The fourth-order valence-corrected chi connectivity index (χ4v) is 6.87. The molecule has 0 saturated heterocycles. The molecule has 0 aliphatic heterocycles. The van der Waals surface area contributed by atoms with Crippen LogP contribution in [0, 0.1) is 13.8 Å². The van der Waals surface area contributed by atoms with Gasteiger partial charge in [0.05, 0.1) is 18.4 Å². The summed E-state index contributed by atoms with van der Waals surface area (Å²) < 4.78 is 8.35. The van der Waals surface area contributed by atoms with E-state index in [2.05, 4.69) is 111 Å². The summed E-state index contributed by atoms with van der Waals surface area (Å²) >= 11 is 0. The van der Waals surface area contributed by atoms with E-state index < -0.39 is 7.32 Å². The Bertz CT molecular complexity index is 2010. The van der Waals surface area contributed by atoms with Gasteiger partial charge in [0, 0.05) is 45.7 Å². The molecule has 7 rings (SSSR count). The maximum Gasteiger partial charge on any atom is 0.264 e. The number of aryl methyl sites for hydroxylation is 2. The van der Waals surface area contributed by atoms with Gasteiger partial charge < -0.3 is 14.7 Å². The molecule has 0 amide bonds. The average Bonchev–Trinajstić information content (AvgIpc) is 3.26. The highest BCUT2D eigenvalue weighted by Crippen LogP contribution is 2.43. The van der Waals surface area contributed by atoms with Crippen LogP contribution in [-0.4, -0.2) is 27.1 Å². The van der Waals surface area contributed by atoms with Crippen molar-refractivity contribution in [2.75, 3.05) is 19.8 Å². The zero-order chi connectivity index (χ0) is 41.0. The van der Waals surface area contributed by atoms with E-state index in [0.29, 0.717) is 19.6 Å². The van der Waals surface area contributed by atoms with Gasteiger partial charge in [-0.3, -0.25) is 9.68 Å². The Morgan fingerprint density at radius 3 is 1.19 bits per heavy atom. The van der Waals surface area contributed by atoms with Gasteiger partial charge in [-0.05, 0) is 93.6 Å². The van der Waals surface area contributed by atoms with Crippen LogP contribution in [-0.2, 0) is 10.1 Å². The van der Waals surface area contributed by atoms with Gasteiger partial charge in [-0.2, -0.15) is 0 Å². The molecule has 0 N–H and O–H groups in total. The quantitative estimate of drug-likeness (QED) is 0.0501. The van der Waals surface area contributed by atoms with Crippen LogP contribution < -0.4 is 29.2 Å². The van der Waals surface area contributed by atoms with Crippen molar-refractivity contribution in [2.24, 2.45) is 0 Å². The fourth-order valence-electron chi connectivity index (χ4n) is 6.87. The van der Waals surface area contributed by atoms with E-state index in [4.69, 9.17) is 14.3 Å². The summed E-state index contributed by atoms with van der Waals surface area (Å²) in [5.41, 5.74) is 10.2. The largest absolute Gasteiger partial charge is 0.871 e. The highest BCUT2D eigenvalue weighted by atomic mass is 16.7. The molecule has 58 heavy (non-hydrogen) atoms. The molecule has 8 heteroatoms. The summed E-state index contributed by atoms with van der Waals surface area (Å²) in [7, 11) is -2.23. The zero-order valence-corrected chi connectivity index (χ0v) is 33.9. The third-order valence-corrected chi connectivity index (χ3v) is 9.63. The number of benzene rings is 5. The zero-order valence-electron chi connectivity index (χ0n) is 33.9. The minimum atomic E-state index is -2.23. The van der Waals surface area contributed by atoms with Gasteiger partial charge in [-0.1, -0.05) is 126 Å². The summed E-state index contributed by atoms with van der Waals surface area (Å²) in [6.07, 6.45) is 5.20. The predicted octanol–water partition coefficient (Wildman–Crippen LogP) is 7.32. The smallest absolute Gasteiger partial charge is 0.264 e. The first kappa shape index (κ1) is 43.1. The van der Waals surface area contributed by atoms with Crippen LogP contribution in [0.2, 0.25) is 0 Å². The topological polar surface area (TPSA) is 81.6 Å². The lowest BCUT2D eigenvalue weighted by Crippen LogP contribution is -2.48. The molecule has 2 aromatic heterocycles. The minimum Gasteiger partial charge on any atom is -0.871 e. The normalized spacial score (nSPS) is 10.7. The average molecular weight is 773 g/mol. The van der Waals surface area contributed by atoms with Gasteiger partial charge in [0.15, 0.2) is 13.2 Å². The van der Waals surface area contributed by atoms with E-state index in [9.17, 15) is 10.0 Å². The van der Waals surface area contributed by atoms with Crippen molar-refractivity contribution in [1.82, 2.24) is 0 Å². The van der Waals surface area contributed by atoms with Gasteiger partial charge in [-0.25, -0.2) is 0 Å². The van der Waals surface area contributed by atoms with Crippen LogP contribution in [0.3, 0.4) is 0 Å². The number of pyridine rings is 2. The summed E-state index contributed by atoms with van der Waals surface area (Å²) in [4.78, 5) is 11.1. The van der Waals surface area contributed by atoms with Gasteiger partial charge >= 0.3 is 0 Å². The Hall–Kier alpha value is -6.06. The van der Waals surface area contributed by atoms with Crippen LogP contribution in [0.25, 0.3) is 22.5 Å². The molecule has 0 radical (unpaired) electrons. The summed E-state index contributed by atoms with van der Waals surface area (Å²) in [5, 5.41) is 21.4. The van der Waals surface area contributed by atoms with E-state index in [-0.39, 0.29) is 12.0 Å². The lowest BCUT2D eigenvalue weighted by atomic mass is 9.67. The Balaban J connectivity index is 0.000000174. The highest BCUT2D eigenvalue weighted by molar-refractivity contribution is 6.28. The maximum absolute atomic E-state index is 10.7. The van der Waals surface area contributed by atoms with Gasteiger partial charge in [0.1, 0.15) is 0 Å². The molecule has 0 atom stereocenters. The Labute approximate surface area is 344 Å². The van der Waals surface area contributed by atoms with Crippen LogP contribution in [0.4, 0.5) is 0 Å². The molecule has 2 heterocycles. The van der Waals surface area contributed by atoms with Crippen molar-refractivity contribution in [3.8, 4) is 22.5 Å². The lowest BCUT2D eigenvalue weighted by Gasteiger charge is -2.37. The number of nitrogens with zero attached hydrogens (tertiary/aromatic N) is 2. The molecular formula is C50H53BN2O5. The molecule has 0 fully saturated rings. The van der Waals surface area contributed by atoms with Crippen LogP contribution in [0.1, 0.15) is 54.5 Å². The molecule has 0 spiro atoms. The van der Waals surface area contributed by atoms with Crippen molar-refractivity contribution in [3.63, 3.8) is 0 Å². The molecule has 0 bridgehead atoms. The van der Waals surface area contributed by atoms with Crippen LogP contribution >= 0.6 is 0 Å². The molecule has 0 unspecified atom stereocenters. The second kappa shape index (κ2) is 22.6. The molecular weight excluding hydrogens is 719 g/mol. The molecule has 0 saturated carbocycles. The van der Waals surface area contributed by atoms with E-state index >= 15 is 0 Å². The summed E-state index contributed by atoms with van der Waals surface area (Å²) in [6.45, 7) is 9.63. The minimum absolute atomic E-state index is 0.159. The third kappa shape index (κ3) is 12.0. The lowest BCUT2D eigenvalue weighted by molar-refractivity contribution is -0.882. The maximum atomic E-state index is 10.7. The molecule has 0 aliphatic carbocycles.